The molecular weight excluding hydrogens is 178 g/mol. The number of fused-ring (bicyclic) bond motifs is 1. The van der Waals surface area contributed by atoms with Crippen LogP contribution < -0.4 is 10.6 Å². The normalized spacial score (nSPS) is 11.5. The summed E-state index contributed by atoms with van der Waals surface area (Å²) in [6.07, 6.45) is 1.54. The topological polar surface area (TPSA) is 60.9 Å². The predicted octanol–water partition coefficient (Wildman–Crippen LogP) is -0.776. The lowest BCUT2D eigenvalue weighted by atomic mass is 10.3. The van der Waals surface area contributed by atoms with Gasteiger partial charge in [0.15, 0.2) is 0 Å². The minimum atomic E-state index is -0.152. The molecule has 2 rings (SSSR count). The molecule has 0 aromatic heterocycles. The standard InChI is InChI=1S/C8H5NO.ClH.H2O/c10-8-5-6-3-1-2-4-7(6)9-8;;/h1-5H;1H;1H2. The fourth-order valence-corrected chi connectivity index (χ4v) is 0.995. The molecule has 1 aliphatic rings. The van der Waals surface area contributed by atoms with E-state index >= 15 is 0 Å². The van der Waals surface area contributed by atoms with Gasteiger partial charge in [0.05, 0.1) is 5.36 Å². The molecule has 0 saturated carbocycles. The first kappa shape index (κ1) is 10.8. The van der Waals surface area contributed by atoms with Crippen LogP contribution in [0.1, 0.15) is 0 Å². The second-order valence-electron chi connectivity index (χ2n) is 2.15. The third-order valence-electron chi connectivity index (χ3n) is 1.45. The molecule has 1 aromatic rings. The molecule has 0 spiro atoms. The van der Waals surface area contributed by atoms with Gasteiger partial charge in [0.2, 0.25) is 0 Å². The quantitative estimate of drug-likeness (QED) is 0.523. The molecule has 0 aliphatic carbocycles. The van der Waals surface area contributed by atoms with Crippen LogP contribution in [0.4, 0.5) is 0 Å². The van der Waals surface area contributed by atoms with Crippen molar-refractivity contribution < 1.29 is 10.3 Å². The number of benzene rings is 1. The number of carbonyl (C=O) groups excluding carboxylic acids is 1. The number of carbonyl (C=O) groups is 1. The van der Waals surface area contributed by atoms with Gasteiger partial charge in [-0.25, -0.2) is 4.99 Å². The molecule has 0 fully saturated rings. The molecule has 0 radical (unpaired) electrons. The van der Waals surface area contributed by atoms with Crippen molar-refractivity contribution in [2.75, 3.05) is 0 Å². The van der Waals surface area contributed by atoms with Gasteiger partial charge < -0.3 is 5.48 Å². The smallest absolute Gasteiger partial charge is 0.270 e. The summed E-state index contributed by atoms with van der Waals surface area (Å²) >= 11 is 0. The third kappa shape index (κ3) is 1.69. The van der Waals surface area contributed by atoms with E-state index in [0.717, 1.165) is 10.6 Å². The van der Waals surface area contributed by atoms with Gasteiger partial charge in [-0.05, 0) is 6.07 Å². The van der Waals surface area contributed by atoms with E-state index in [1.807, 2.05) is 24.3 Å². The summed E-state index contributed by atoms with van der Waals surface area (Å²) < 4.78 is 0. The van der Waals surface area contributed by atoms with E-state index in [1.54, 1.807) is 0 Å². The number of hydrogen-bond acceptors (Lipinski definition) is 1. The Bertz CT molecular complexity index is 363. The first-order valence-corrected chi connectivity index (χ1v) is 3.06. The second kappa shape index (κ2) is 3.99. The van der Waals surface area contributed by atoms with Crippen molar-refractivity contribution in [2.45, 2.75) is 0 Å². The average Bonchev–Trinajstić information content (AvgIpc) is 2.27. The molecule has 3 nitrogen and oxygen atoms in total. The first-order chi connectivity index (χ1) is 4.86. The lowest BCUT2D eigenvalue weighted by Gasteiger charge is -1.77. The van der Waals surface area contributed by atoms with Crippen molar-refractivity contribution in [1.82, 2.24) is 0 Å². The molecular formula is C8H8ClNO2. The summed E-state index contributed by atoms with van der Waals surface area (Å²) in [5, 5.41) is 1.71. The fourth-order valence-electron chi connectivity index (χ4n) is 0.995. The van der Waals surface area contributed by atoms with Gasteiger partial charge in [0.25, 0.3) is 5.91 Å². The van der Waals surface area contributed by atoms with Crippen LogP contribution in [0.15, 0.2) is 29.3 Å². The Kier molecular flexibility index (Phi) is 3.60. The molecule has 64 valence electrons. The van der Waals surface area contributed by atoms with E-state index in [0.29, 0.717) is 0 Å². The van der Waals surface area contributed by atoms with Crippen LogP contribution in [0.2, 0.25) is 0 Å². The molecule has 0 bridgehead atoms. The highest BCUT2D eigenvalue weighted by atomic mass is 35.5. The molecule has 1 aromatic carbocycles. The molecule has 2 N–H and O–H groups in total. The zero-order chi connectivity index (χ0) is 6.97. The second-order valence-corrected chi connectivity index (χ2v) is 2.15. The Labute approximate surface area is 75.2 Å². The van der Waals surface area contributed by atoms with E-state index in [-0.39, 0.29) is 23.8 Å². The Morgan fingerprint density at radius 1 is 1.17 bits per heavy atom. The van der Waals surface area contributed by atoms with Crippen LogP contribution in [-0.4, -0.2) is 11.4 Å². The van der Waals surface area contributed by atoms with Crippen molar-refractivity contribution in [1.29, 1.82) is 0 Å². The third-order valence-corrected chi connectivity index (χ3v) is 1.45. The maximum absolute atomic E-state index is 10.7. The molecule has 12 heavy (non-hydrogen) atoms. The molecule has 0 unspecified atom stereocenters. The molecule has 1 aliphatic heterocycles. The Morgan fingerprint density at radius 2 is 1.83 bits per heavy atom. The van der Waals surface area contributed by atoms with Crippen LogP contribution in [0.25, 0.3) is 6.08 Å². The van der Waals surface area contributed by atoms with Gasteiger partial charge in [0.1, 0.15) is 0 Å². The van der Waals surface area contributed by atoms with Crippen molar-refractivity contribution in [3.63, 3.8) is 0 Å². The SMILES string of the molecule is Cl.O.O=C1C=c2ccccc2=N1. The van der Waals surface area contributed by atoms with Crippen LogP contribution in [0.3, 0.4) is 0 Å². The molecule has 1 heterocycles. The first-order valence-electron chi connectivity index (χ1n) is 3.06. The fraction of sp³-hybridized carbons (Fsp3) is 0. The lowest BCUT2D eigenvalue weighted by molar-refractivity contribution is -0.112. The Hall–Kier alpha value is -1.19. The van der Waals surface area contributed by atoms with Gasteiger partial charge in [-0.1, -0.05) is 18.2 Å². The van der Waals surface area contributed by atoms with Gasteiger partial charge in [-0.15, -0.1) is 12.4 Å². The Morgan fingerprint density at radius 3 is 2.50 bits per heavy atom. The summed E-state index contributed by atoms with van der Waals surface area (Å²) in [6.45, 7) is 0. The van der Waals surface area contributed by atoms with Crippen molar-refractivity contribution in [3.05, 3.63) is 34.8 Å². The van der Waals surface area contributed by atoms with E-state index in [4.69, 9.17) is 0 Å². The number of hydrogen-bond donors (Lipinski definition) is 0. The number of amides is 1. The predicted molar refractivity (Wildman–Crippen MR) is 47.6 cm³/mol. The van der Waals surface area contributed by atoms with Gasteiger partial charge in [0, 0.05) is 11.3 Å². The summed E-state index contributed by atoms with van der Waals surface area (Å²) in [7, 11) is 0. The summed E-state index contributed by atoms with van der Waals surface area (Å²) in [4.78, 5) is 14.4. The van der Waals surface area contributed by atoms with E-state index in [2.05, 4.69) is 4.99 Å². The zero-order valence-corrected chi connectivity index (χ0v) is 6.97. The molecule has 0 atom stereocenters. The van der Waals surface area contributed by atoms with Crippen LogP contribution in [0.5, 0.6) is 0 Å². The molecule has 0 saturated heterocycles. The number of nitrogens with zero attached hydrogens (tertiary/aromatic N) is 1. The summed E-state index contributed by atoms with van der Waals surface area (Å²) in [6, 6.07) is 7.47. The number of halogens is 1. The van der Waals surface area contributed by atoms with Gasteiger partial charge >= 0.3 is 0 Å². The van der Waals surface area contributed by atoms with Crippen molar-refractivity contribution in [2.24, 2.45) is 4.99 Å². The number of rotatable bonds is 0. The van der Waals surface area contributed by atoms with Crippen LogP contribution >= 0.6 is 12.4 Å². The highest BCUT2D eigenvalue weighted by molar-refractivity contribution is 6.06. The largest absolute Gasteiger partial charge is 0.412 e. The van der Waals surface area contributed by atoms with Crippen molar-refractivity contribution >= 4 is 24.4 Å². The Balaban J connectivity index is 0.000000605. The van der Waals surface area contributed by atoms with E-state index in [9.17, 15) is 4.79 Å². The van der Waals surface area contributed by atoms with Gasteiger partial charge in [-0.2, -0.15) is 0 Å². The summed E-state index contributed by atoms with van der Waals surface area (Å²) in [5.41, 5.74) is 0. The van der Waals surface area contributed by atoms with Gasteiger partial charge in [-0.3, -0.25) is 4.79 Å². The monoisotopic (exact) mass is 185 g/mol. The summed E-state index contributed by atoms with van der Waals surface area (Å²) in [5.74, 6) is -0.152. The average molecular weight is 186 g/mol. The van der Waals surface area contributed by atoms with Crippen molar-refractivity contribution in [3.8, 4) is 0 Å². The molecule has 1 amide bonds. The maximum Gasteiger partial charge on any atom is 0.270 e. The lowest BCUT2D eigenvalue weighted by Crippen LogP contribution is -2.19. The van der Waals surface area contributed by atoms with E-state index < -0.39 is 0 Å². The van der Waals surface area contributed by atoms with Crippen LogP contribution in [-0.2, 0) is 4.79 Å². The maximum atomic E-state index is 10.7. The minimum Gasteiger partial charge on any atom is -0.412 e. The zero-order valence-electron chi connectivity index (χ0n) is 6.15. The van der Waals surface area contributed by atoms with E-state index in [1.165, 1.54) is 6.08 Å². The highest BCUT2D eigenvalue weighted by Gasteiger charge is 1.99. The number of para-hydroxylation sites is 1. The van der Waals surface area contributed by atoms with Crippen LogP contribution in [0, 0.1) is 0 Å². The minimum absolute atomic E-state index is 0. The molecule has 4 heteroatoms. The highest BCUT2D eigenvalue weighted by Crippen LogP contribution is 1.81.